The number of carbonyl (C=O) groups is 3. The fourth-order valence-electron chi connectivity index (χ4n) is 2.51. The zero-order valence-electron chi connectivity index (χ0n) is 13.2. The molecule has 23 heavy (non-hydrogen) atoms. The van der Waals surface area contributed by atoms with E-state index in [0.29, 0.717) is 24.5 Å². The summed E-state index contributed by atoms with van der Waals surface area (Å²) in [6, 6.07) is 3.28. The highest BCUT2D eigenvalue weighted by molar-refractivity contribution is 7.98. The minimum absolute atomic E-state index is 0.0968. The molecule has 0 bridgehead atoms. The number of hydrogen-bond acceptors (Lipinski definition) is 5. The van der Waals surface area contributed by atoms with Crippen LogP contribution < -0.4 is 0 Å². The van der Waals surface area contributed by atoms with Crippen LogP contribution in [0.2, 0.25) is 0 Å². The molecule has 2 amide bonds. The van der Waals surface area contributed by atoms with Crippen molar-refractivity contribution in [2.24, 2.45) is 5.92 Å². The van der Waals surface area contributed by atoms with Crippen LogP contribution in [0.4, 0.5) is 0 Å². The highest BCUT2D eigenvalue weighted by Gasteiger charge is 2.29. The van der Waals surface area contributed by atoms with Crippen LogP contribution in [0.25, 0.3) is 0 Å². The Kier molecular flexibility index (Phi) is 5.70. The number of likely N-dealkylation sites (N-methyl/N-ethyl adjacent to an activating group) is 1. The van der Waals surface area contributed by atoms with Gasteiger partial charge in [-0.1, -0.05) is 11.8 Å². The van der Waals surface area contributed by atoms with E-state index in [1.807, 2.05) is 6.26 Å². The number of thioether (sulfide) groups is 1. The van der Waals surface area contributed by atoms with Gasteiger partial charge in [0.2, 0.25) is 5.91 Å². The van der Waals surface area contributed by atoms with Crippen molar-refractivity contribution in [1.82, 2.24) is 9.80 Å². The highest BCUT2D eigenvalue weighted by Crippen LogP contribution is 2.19. The molecule has 1 aliphatic heterocycles. The van der Waals surface area contributed by atoms with Crippen LogP contribution in [0, 0.1) is 5.92 Å². The summed E-state index contributed by atoms with van der Waals surface area (Å²) >= 11 is 1.39. The van der Waals surface area contributed by atoms with Crippen molar-refractivity contribution in [3.05, 3.63) is 17.9 Å². The Balaban J connectivity index is 1.93. The summed E-state index contributed by atoms with van der Waals surface area (Å²) in [5.74, 6) is -1.84. The van der Waals surface area contributed by atoms with Crippen LogP contribution in [0.5, 0.6) is 0 Å². The van der Waals surface area contributed by atoms with Gasteiger partial charge in [0.25, 0.3) is 5.91 Å². The van der Waals surface area contributed by atoms with Gasteiger partial charge in [-0.05, 0) is 31.2 Å². The van der Waals surface area contributed by atoms with E-state index in [-0.39, 0.29) is 30.7 Å². The van der Waals surface area contributed by atoms with Crippen molar-refractivity contribution >= 4 is 29.5 Å². The van der Waals surface area contributed by atoms with Gasteiger partial charge in [0.05, 0.1) is 12.5 Å². The molecule has 0 aliphatic carbocycles. The number of rotatable bonds is 5. The molecule has 1 aromatic rings. The van der Waals surface area contributed by atoms with Crippen molar-refractivity contribution in [3.63, 3.8) is 0 Å². The summed E-state index contributed by atoms with van der Waals surface area (Å²) in [5.41, 5.74) is 0. The van der Waals surface area contributed by atoms with E-state index in [9.17, 15) is 14.4 Å². The molecule has 2 rings (SSSR count). The first-order chi connectivity index (χ1) is 10.9. The molecule has 7 nitrogen and oxygen atoms in total. The van der Waals surface area contributed by atoms with E-state index in [2.05, 4.69) is 0 Å². The van der Waals surface area contributed by atoms with Gasteiger partial charge < -0.3 is 19.3 Å². The van der Waals surface area contributed by atoms with Gasteiger partial charge in [-0.2, -0.15) is 0 Å². The Bertz CT molecular complexity index is 600. The van der Waals surface area contributed by atoms with Crippen molar-refractivity contribution < 1.29 is 23.9 Å². The minimum Gasteiger partial charge on any atom is -0.481 e. The molecule has 1 atom stereocenters. The van der Waals surface area contributed by atoms with Gasteiger partial charge in [-0.25, -0.2) is 0 Å². The molecule has 2 heterocycles. The van der Waals surface area contributed by atoms with E-state index in [0.717, 1.165) is 0 Å². The van der Waals surface area contributed by atoms with Crippen LogP contribution in [-0.4, -0.2) is 65.6 Å². The van der Waals surface area contributed by atoms with Crippen molar-refractivity contribution in [2.45, 2.75) is 17.9 Å². The lowest BCUT2D eigenvalue weighted by Crippen LogP contribution is -2.46. The second-order valence-corrected chi connectivity index (χ2v) is 6.31. The zero-order chi connectivity index (χ0) is 17.0. The largest absolute Gasteiger partial charge is 0.481 e. The lowest BCUT2D eigenvalue weighted by atomic mass is 9.98. The van der Waals surface area contributed by atoms with Gasteiger partial charge >= 0.3 is 5.97 Å². The molecule has 1 fully saturated rings. The SMILES string of the molecule is CSc1ccc(C(=O)N(C)CC(=O)N2CCCC(C(=O)O)C2)o1. The molecule has 1 aliphatic rings. The van der Waals surface area contributed by atoms with E-state index in [4.69, 9.17) is 9.52 Å². The van der Waals surface area contributed by atoms with E-state index >= 15 is 0 Å². The van der Waals surface area contributed by atoms with Gasteiger partial charge in [-0.3, -0.25) is 14.4 Å². The summed E-state index contributed by atoms with van der Waals surface area (Å²) in [6.45, 7) is 0.635. The summed E-state index contributed by atoms with van der Waals surface area (Å²) in [6.07, 6.45) is 3.09. The number of aliphatic carboxylic acids is 1. The Morgan fingerprint density at radius 1 is 1.43 bits per heavy atom. The van der Waals surface area contributed by atoms with Crippen molar-refractivity contribution in [2.75, 3.05) is 32.9 Å². The standard InChI is InChI=1S/C15H20N2O5S/c1-16(14(19)11-5-6-13(22-11)23-2)9-12(18)17-7-3-4-10(8-17)15(20)21/h5-6,10H,3-4,7-9H2,1-2H3,(H,20,21). The quantitative estimate of drug-likeness (QED) is 0.815. The molecule has 1 aromatic heterocycles. The molecule has 0 radical (unpaired) electrons. The lowest BCUT2D eigenvalue weighted by molar-refractivity contribution is -0.145. The molecular weight excluding hydrogens is 320 g/mol. The van der Waals surface area contributed by atoms with Crippen LogP contribution in [0.3, 0.4) is 0 Å². The van der Waals surface area contributed by atoms with Gasteiger partial charge in [-0.15, -0.1) is 0 Å². The van der Waals surface area contributed by atoms with Crippen molar-refractivity contribution in [3.8, 4) is 0 Å². The van der Waals surface area contributed by atoms with Crippen molar-refractivity contribution in [1.29, 1.82) is 0 Å². The molecule has 126 valence electrons. The molecule has 1 unspecified atom stereocenters. The average Bonchev–Trinajstić information content (AvgIpc) is 3.03. The summed E-state index contributed by atoms with van der Waals surface area (Å²) in [7, 11) is 1.53. The molecule has 1 saturated heterocycles. The Morgan fingerprint density at radius 2 is 2.17 bits per heavy atom. The molecule has 0 saturated carbocycles. The number of hydrogen-bond donors (Lipinski definition) is 1. The molecule has 0 spiro atoms. The van der Waals surface area contributed by atoms with E-state index < -0.39 is 11.9 Å². The average molecular weight is 340 g/mol. The van der Waals surface area contributed by atoms with Gasteiger partial charge in [0.1, 0.15) is 0 Å². The summed E-state index contributed by atoms with van der Waals surface area (Å²) in [4.78, 5) is 38.4. The number of amides is 2. The third-order valence-corrected chi connectivity index (χ3v) is 4.46. The monoisotopic (exact) mass is 340 g/mol. The number of carbonyl (C=O) groups excluding carboxylic acids is 2. The molecule has 0 aromatic carbocycles. The predicted molar refractivity (Wildman–Crippen MR) is 84.4 cm³/mol. The Morgan fingerprint density at radius 3 is 2.78 bits per heavy atom. The number of piperidine rings is 1. The molecule has 8 heteroatoms. The minimum atomic E-state index is -0.882. The third kappa shape index (κ3) is 4.28. The number of carboxylic acids is 1. The van der Waals surface area contributed by atoms with Gasteiger partial charge in [0.15, 0.2) is 10.9 Å². The number of likely N-dealkylation sites (tertiary alicyclic amines) is 1. The molecule has 1 N–H and O–H groups in total. The summed E-state index contributed by atoms with van der Waals surface area (Å²) in [5, 5.41) is 9.70. The first-order valence-electron chi connectivity index (χ1n) is 7.32. The second kappa shape index (κ2) is 7.54. The first-order valence-corrected chi connectivity index (χ1v) is 8.54. The van der Waals surface area contributed by atoms with E-state index in [1.54, 1.807) is 12.1 Å². The third-order valence-electron chi connectivity index (χ3n) is 3.84. The van der Waals surface area contributed by atoms with Crippen LogP contribution in [0.1, 0.15) is 23.4 Å². The van der Waals surface area contributed by atoms with Crippen LogP contribution in [0.15, 0.2) is 21.6 Å². The first kappa shape index (κ1) is 17.4. The molecular formula is C15H20N2O5S. The van der Waals surface area contributed by atoms with Crippen LogP contribution in [-0.2, 0) is 9.59 Å². The Hall–Kier alpha value is -1.96. The predicted octanol–water partition coefficient (Wildman–Crippen LogP) is 1.40. The van der Waals surface area contributed by atoms with Crippen LogP contribution >= 0.6 is 11.8 Å². The van der Waals surface area contributed by atoms with Gasteiger partial charge in [0, 0.05) is 20.1 Å². The lowest BCUT2D eigenvalue weighted by Gasteiger charge is -2.31. The topological polar surface area (TPSA) is 91.1 Å². The maximum absolute atomic E-state index is 12.3. The fraction of sp³-hybridized carbons (Fsp3) is 0.533. The normalized spacial score (nSPS) is 17.8. The smallest absolute Gasteiger partial charge is 0.308 e. The maximum Gasteiger partial charge on any atom is 0.308 e. The number of nitrogens with zero attached hydrogens (tertiary/aromatic N) is 2. The zero-order valence-corrected chi connectivity index (χ0v) is 14.0. The maximum atomic E-state index is 12.3. The summed E-state index contributed by atoms with van der Waals surface area (Å²) < 4.78 is 5.36. The fourth-order valence-corrected chi connectivity index (χ4v) is 2.89. The number of carboxylic acid groups (broad SMARTS) is 1. The Labute approximate surface area is 138 Å². The number of furan rings is 1. The highest BCUT2D eigenvalue weighted by atomic mass is 32.2. The second-order valence-electron chi connectivity index (χ2n) is 5.50. The van der Waals surface area contributed by atoms with E-state index in [1.165, 1.54) is 28.6 Å².